The second kappa shape index (κ2) is 10.6. The van der Waals surface area contributed by atoms with E-state index in [2.05, 4.69) is 24.0 Å². The Kier molecular flexibility index (Phi) is 8.37. The molecule has 0 aliphatic carbocycles. The second-order valence-corrected chi connectivity index (χ2v) is 10.0. The summed E-state index contributed by atoms with van der Waals surface area (Å²) in [6.07, 6.45) is -2.78. The summed E-state index contributed by atoms with van der Waals surface area (Å²) in [4.78, 5) is 14.4. The van der Waals surface area contributed by atoms with E-state index < -0.39 is 12.1 Å². The van der Waals surface area contributed by atoms with Gasteiger partial charge in [0.05, 0.1) is 19.8 Å². The summed E-state index contributed by atoms with van der Waals surface area (Å²) < 4.78 is 49.2. The molecule has 0 saturated carbocycles. The predicted molar refractivity (Wildman–Crippen MR) is 109 cm³/mol. The molecule has 4 rings (SSSR count). The maximum atomic E-state index is 10.6. The maximum Gasteiger partial charge on any atom is 0.490 e. The van der Waals surface area contributed by atoms with Crippen molar-refractivity contribution in [2.75, 3.05) is 52.7 Å². The van der Waals surface area contributed by atoms with Crippen molar-refractivity contribution >= 4 is 17.3 Å². The van der Waals surface area contributed by atoms with Gasteiger partial charge in [-0.05, 0) is 37.8 Å². The number of hydrogen-bond donors (Lipinski definition) is 1. The first kappa shape index (κ1) is 24.4. The number of likely N-dealkylation sites (tertiary alicyclic amines) is 1. The monoisotopic (exact) mass is 465 g/mol. The highest BCUT2D eigenvalue weighted by atomic mass is 32.1. The zero-order valence-corrected chi connectivity index (χ0v) is 18.5. The van der Waals surface area contributed by atoms with E-state index in [1.54, 1.807) is 0 Å². The average Bonchev–Trinajstić information content (AvgIpc) is 3.37. The predicted octanol–water partition coefficient (Wildman–Crippen LogP) is 3.58. The summed E-state index contributed by atoms with van der Waals surface area (Å²) in [6, 6.07) is 4.51. The minimum atomic E-state index is -5.08. The van der Waals surface area contributed by atoms with Gasteiger partial charge in [0.15, 0.2) is 0 Å². The van der Waals surface area contributed by atoms with Crippen LogP contribution in [0.25, 0.3) is 0 Å². The summed E-state index contributed by atoms with van der Waals surface area (Å²) >= 11 is 1.92. The number of ether oxygens (including phenoxy) is 3. The molecule has 1 N–H and O–H groups in total. The number of carboxylic acids is 1. The molecule has 0 radical (unpaired) electrons. The Morgan fingerprint density at radius 3 is 2.65 bits per heavy atom. The maximum absolute atomic E-state index is 10.6. The van der Waals surface area contributed by atoms with Crippen molar-refractivity contribution in [1.82, 2.24) is 4.90 Å². The Labute approximate surface area is 184 Å². The minimum Gasteiger partial charge on any atom is -0.475 e. The molecule has 2 atom stereocenters. The highest BCUT2D eigenvalue weighted by molar-refractivity contribution is 7.11. The van der Waals surface area contributed by atoms with E-state index in [1.807, 2.05) is 11.3 Å². The van der Waals surface area contributed by atoms with E-state index in [9.17, 15) is 13.2 Å². The van der Waals surface area contributed by atoms with Crippen molar-refractivity contribution in [3.63, 3.8) is 0 Å². The summed E-state index contributed by atoms with van der Waals surface area (Å²) in [5, 5.41) is 7.12. The molecule has 31 heavy (non-hydrogen) atoms. The molecule has 3 aliphatic heterocycles. The van der Waals surface area contributed by atoms with Crippen LogP contribution in [0.1, 0.15) is 22.6 Å². The van der Waals surface area contributed by atoms with Gasteiger partial charge in [0, 0.05) is 60.5 Å². The number of aliphatic carboxylic acids is 1. The highest BCUT2D eigenvalue weighted by Crippen LogP contribution is 2.42. The van der Waals surface area contributed by atoms with Crippen molar-refractivity contribution in [2.24, 2.45) is 17.3 Å². The molecular formula is C21H30F3NO5S. The Morgan fingerprint density at radius 2 is 2.03 bits per heavy atom. The van der Waals surface area contributed by atoms with Crippen molar-refractivity contribution in [3.8, 4) is 0 Å². The average molecular weight is 466 g/mol. The van der Waals surface area contributed by atoms with E-state index >= 15 is 0 Å². The van der Waals surface area contributed by atoms with Gasteiger partial charge in [0.2, 0.25) is 0 Å². The fraction of sp³-hybridized carbons (Fsp3) is 0.762. The van der Waals surface area contributed by atoms with Crippen molar-refractivity contribution in [2.45, 2.75) is 32.5 Å². The van der Waals surface area contributed by atoms with Crippen molar-refractivity contribution in [3.05, 3.63) is 21.9 Å². The van der Waals surface area contributed by atoms with Crippen LogP contribution in [0.5, 0.6) is 0 Å². The van der Waals surface area contributed by atoms with Crippen LogP contribution in [0, 0.1) is 24.2 Å². The Morgan fingerprint density at radius 1 is 1.32 bits per heavy atom. The summed E-state index contributed by atoms with van der Waals surface area (Å²) in [7, 11) is 0. The number of carbonyl (C=O) groups is 1. The normalized spacial score (nSPS) is 27.0. The molecule has 10 heteroatoms. The van der Waals surface area contributed by atoms with Crippen LogP contribution in [0.3, 0.4) is 0 Å². The lowest BCUT2D eigenvalue weighted by atomic mass is 9.82. The number of hydrogen-bond acceptors (Lipinski definition) is 6. The number of nitrogens with zero attached hydrogens (tertiary/aromatic N) is 1. The zero-order chi connectivity index (χ0) is 22.5. The molecule has 6 nitrogen and oxygen atoms in total. The lowest BCUT2D eigenvalue weighted by molar-refractivity contribution is -0.192. The number of alkyl halides is 3. The van der Waals surface area contributed by atoms with Gasteiger partial charge in [-0.2, -0.15) is 13.2 Å². The smallest absolute Gasteiger partial charge is 0.475 e. The number of thiophene rings is 1. The van der Waals surface area contributed by atoms with Gasteiger partial charge in [-0.3, -0.25) is 4.90 Å². The Balaban J connectivity index is 0.000000339. The Hall–Kier alpha value is -1.20. The van der Waals surface area contributed by atoms with E-state index in [0.29, 0.717) is 11.8 Å². The summed E-state index contributed by atoms with van der Waals surface area (Å²) in [6.45, 7) is 10.9. The fourth-order valence-corrected chi connectivity index (χ4v) is 5.33. The van der Waals surface area contributed by atoms with Gasteiger partial charge in [-0.25, -0.2) is 4.79 Å². The van der Waals surface area contributed by atoms with Crippen LogP contribution in [0.15, 0.2) is 12.1 Å². The zero-order valence-electron chi connectivity index (χ0n) is 17.7. The molecule has 4 heterocycles. The van der Waals surface area contributed by atoms with Crippen molar-refractivity contribution < 1.29 is 37.3 Å². The van der Waals surface area contributed by atoms with E-state index in [0.717, 1.165) is 72.1 Å². The molecule has 3 aliphatic rings. The molecule has 1 aromatic rings. The quantitative estimate of drug-likeness (QED) is 0.693. The molecule has 0 bridgehead atoms. The van der Waals surface area contributed by atoms with Gasteiger partial charge in [-0.15, -0.1) is 11.3 Å². The van der Waals surface area contributed by atoms with Gasteiger partial charge in [0.25, 0.3) is 0 Å². The first-order valence-electron chi connectivity index (χ1n) is 10.5. The molecule has 176 valence electrons. The second-order valence-electron chi connectivity index (χ2n) is 8.63. The SMILES string of the molecule is Cc1ccc(CN2C[C@@H]3COC[C@]3(COCC3CCOCC3)C2)s1.O=C(O)C(F)(F)F. The van der Waals surface area contributed by atoms with Crippen LogP contribution in [-0.4, -0.2) is 74.9 Å². The van der Waals surface area contributed by atoms with Gasteiger partial charge < -0.3 is 19.3 Å². The van der Waals surface area contributed by atoms with Crippen LogP contribution >= 0.6 is 11.3 Å². The van der Waals surface area contributed by atoms with Crippen LogP contribution < -0.4 is 0 Å². The number of halogens is 3. The summed E-state index contributed by atoms with van der Waals surface area (Å²) in [5.74, 6) is -1.44. The molecular weight excluding hydrogens is 435 g/mol. The van der Waals surface area contributed by atoms with Gasteiger partial charge in [0.1, 0.15) is 0 Å². The number of fused-ring (bicyclic) bond motifs is 1. The third kappa shape index (κ3) is 6.89. The molecule has 0 aromatic carbocycles. The van der Waals surface area contributed by atoms with Crippen LogP contribution in [-0.2, 0) is 25.5 Å². The highest BCUT2D eigenvalue weighted by Gasteiger charge is 2.50. The van der Waals surface area contributed by atoms with Crippen LogP contribution in [0.2, 0.25) is 0 Å². The van der Waals surface area contributed by atoms with Gasteiger partial charge >= 0.3 is 12.1 Å². The number of aryl methyl sites for hydroxylation is 1. The molecule has 1 aromatic heterocycles. The largest absolute Gasteiger partial charge is 0.490 e. The van der Waals surface area contributed by atoms with Crippen LogP contribution in [0.4, 0.5) is 13.2 Å². The third-order valence-electron chi connectivity index (χ3n) is 6.09. The van der Waals surface area contributed by atoms with E-state index in [-0.39, 0.29) is 5.41 Å². The summed E-state index contributed by atoms with van der Waals surface area (Å²) in [5.41, 5.74) is 0.220. The van der Waals surface area contributed by atoms with Gasteiger partial charge in [-0.1, -0.05) is 0 Å². The number of rotatable bonds is 6. The van der Waals surface area contributed by atoms with E-state index in [4.69, 9.17) is 24.1 Å². The molecule has 3 saturated heterocycles. The minimum absolute atomic E-state index is 0.220. The fourth-order valence-electron chi connectivity index (χ4n) is 4.40. The number of carboxylic acid groups (broad SMARTS) is 1. The Bertz CT molecular complexity index is 722. The standard InChI is InChI=1S/C19H29NO3S.C2HF3O2/c1-15-2-3-18(24-15)9-20-8-17-11-23-14-19(17,12-20)13-22-10-16-4-6-21-7-5-16;3-2(4,5)1(6)7/h2-3,16-17H,4-14H2,1H3;(H,6,7)/t17-,19-;/m1./s1. The molecule has 3 fully saturated rings. The first-order chi connectivity index (χ1) is 14.7. The third-order valence-corrected chi connectivity index (χ3v) is 7.08. The first-order valence-corrected chi connectivity index (χ1v) is 11.3. The lowest BCUT2D eigenvalue weighted by Gasteiger charge is -2.29. The topological polar surface area (TPSA) is 68.2 Å². The lowest BCUT2D eigenvalue weighted by Crippen LogP contribution is -2.36. The molecule has 0 spiro atoms. The van der Waals surface area contributed by atoms with E-state index in [1.165, 1.54) is 9.75 Å². The molecule has 0 amide bonds. The van der Waals surface area contributed by atoms with Crippen molar-refractivity contribution in [1.29, 1.82) is 0 Å². The molecule has 0 unspecified atom stereocenters.